The van der Waals surface area contributed by atoms with Crippen molar-refractivity contribution < 1.29 is 13.9 Å². The van der Waals surface area contributed by atoms with E-state index in [0.29, 0.717) is 0 Å². The molecule has 0 aromatic carbocycles. The first-order valence-corrected chi connectivity index (χ1v) is 6.69. The van der Waals surface area contributed by atoms with E-state index in [1.165, 1.54) is 6.33 Å². The van der Waals surface area contributed by atoms with Gasteiger partial charge in [0.1, 0.15) is 28.5 Å². The quantitative estimate of drug-likeness (QED) is 0.816. The second-order valence-corrected chi connectivity index (χ2v) is 5.64. The highest BCUT2D eigenvalue weighted by Crippen LogP contribution is 2.28. The minimum absolute atomic E-state index is 0.00707. The SMILES string of the molecule is CC(C)(C)OC(=O)NCc1nnc(-c2c(N)ncnc2Cl)o1. The standard InChI is InChI=1S/C12H15ClN6O3/c1-12(2,3)22-11(20)15-4-6-18-19-10(21-6)7-8(13)16-5-17-9(7)14/h5H,4H2,1-3H3,(H,15,20)(H2,14,16,17). The molecule has 0 radical (unpaired) electrons. The molecule has 0 spiro atoms. The first-order valence-electron chi connectivity index (χ1n) is 6.32. The third kappa shape index (κ3) is 4.04. The van der Waals surface area contributed by atoms with Crippen LogP contribution in [0, 0.1) is 0 Å². The summed E-state index contributed by atoms with van der Waals surface area (Å²) in [6.45, 7) is 5.29. The van der Waals surface area contributed by atoms with Crippen molar-refractivity contribution >= 4 is 23.5 Å². The van der Waals surface area contributed by atoms with Gasteiger partial charge in [-0.25, -0.2) is 14.8 Å². The average molecular weight is 327 g/mol. The number of carbonyl (C=O) groups excluding carboxylic acids is 1. The van der Waals surface area contributed by atoms with E-state index in [0.717, 1.165) is 0 Å². The molecule has 0 saturated heterocycles. The van der Waals surface area contributed by atoms with Crippen LogP contribution in [0.2, 0.25) is 5.15 Å². The zero-order valence-electron chi connectivity index (χ0n) is 12.3. The first-order chi connectivity index (χ1) is 10.3. The Labute approximate surface area is 131 Å². The maximum atomic E-state index is 11.5. The van der Waals surface area contributed by atoms with Gasteiger partial charge in [-0.1, -0.05) is 11.6 Å². The van der Waals surface area contributed by atoms with Gasteiger partial charge in [0.15, 0.2) is 0 Å². The highest BCUT2D eigenvalue weighted by molar-refractivity contribution is 6.32. The van der Waals surface area contributed by atoms with Crippen molar-refractivity contribution in [3.8, 4) is 11.5 Å². The number of nitrogens with one attached hydrogen (secondary N) is 1. The van der Waals surface area contributed by atoms with Crippen molar-refractivity contribution in [2.24, 2.45) is 0 Å². The van der Waals surface area contributed by atoms with E-state index in [1.807, 2.05) is 0 Å². The average Bonchev–Trinajstić information content (AvgIpc) is 2.83. The minimum atomic E-state index is -0.590. The second-order valence-electron chi connectivity index (χ2n) is 5.28. The molecule has 0 aliphatic carbocycles. The van der Waals surface area contributed by atoms with Crippen molar-refractivity contribution in [1.82, 2.24) is 25.5 Å². The topological polar surface area (TPSA) is 129 Å². The van der Waals surface area contributed by atoms with Crippen LogP contribution in [0.4, 0.5) is 10.6 Å². The molecule has 2 aromatic heterocycles. The Morgan fingerprint density at radius 1 is 1.41 bits per heavy atom. The number of alkyl carbamates (subject to hydrolysis) is 1. The van der Waals surface area contributed by atoms with Gasteiger partial charge < -0.3 is 20.2 Å². The molecule has 0 atom stereocenters. The molecule has 0 aliphatic rings. The van der Waals surface area contributed by atoms with Gasteiger partial charge in [-0.15, -0.1) is 10.2 Å². The molecule has 0 unspecified atom stereocenters. The number of amides is 1. The van der Waals surface area contributed by atoms with Crippen molar-refractivity contribution in [1.29, 1.82) is 0 Å². The zero-order valence-corrected chi connectivity index (χ0v) is 13.0. The van der Waals surface area contributed by atoms with E-state index in [2.05, 4.69) is 25.5 Å². The third-order valence-electron chi connectivity index (χ3n) is 2.29. The fourth-order valence-corrected chi connectivity index (χ4v) is 1.68. The van der Waals surface area contributed by atoms with Crippen molar-refractivity contribution in [3.05, 3.63) is 17.4 Å². The highest BCUT2D eigenvalue weighted by atomic mass is 35.5. The number of nitrogen functional groups attached to an aromatic ring is 1. The Morgan fingerprint density at radius 3 is 2.77 bits per heavy atom. The lowest BCUT2D eigenvalue weighted by Gasteiger charge is -2.19. The van der Waals surface area contributed by atoms with E-state index >= 15 is 0 Å². The molecule has 10 heteroatoms. The summed E-state index contributed by atoms with van der Waals surface area (Å²) in [4.78, 5) is 19.1. The Balaban J connectivity index is 2.05. The smallest absolute Gasteiger partial charge is 0.408 e. The molecule has 2 heterocycles. The molecular formula is C12H15ClN6O3. The molecule has 0 aliphatic heterocycles. The van der Waals surface area contributed by atoms with Crippen molar-refractivity contribution in [2.45, 2.75) is 32.9 Å². The zero-order chi connectivity index (χ0) is 16.3. The lowest BCUT2D eigenvalue weighted by molar-refractivity contribution is 0.0519. The molecular weight excluding hydrogens is 312 g/mol. The first kappa shape index (κ1) is 16.0. The van der Waals surface area contributed by atoms with Crippen LogP contribution in [0.5, 0.6) is 0 Å². The van der Waals surface area contributed by atoms with Crippen LogP contribution < -0.4 is 11.1 Å². The van der Waals surface area contributed by atoms with Crippen LogP contribution >= 0.6 is 11.6 Å². The molecule has 0 bridgehead atoms. The summed E-state index contributed by atoms with van der Waals surface area (Å²) in [5, 5.41) is 10.2. The molecule has 118 valence electrons. The van der Waals surface area contributed by atoms with Crippen LogP contribution in [-0.2, 0) is 11.3 Å². The Hall–Kier alpha value is -2.42. The highest BCUT2D eigenvalue weighted by Gasteiger charge is 2.19. The van der Waals surface area contributed by atoms with Gasteiger partial charge in [0.05, 0.1) is 6.54 Å². The summed E-state index contributed by atoms with van der Waals surface area (Å²) in [5.74, 6) is 0.361. The Bertz CT molecular complexity index is 661. The molecule has 3 N–H and O–H groups in total. The van der Waals surface area contributed by atoms with E-state index in [4.69, 9.17) is 26.5 Å². The number of anilines is 1. The number of aromatic nitrogens is 4. The molecule has 0 saturated carbocycles. The van der Waals surface area contributed by atoms with E-state index in [1.54, 1.807) is 20.8 Å². The van der Waals surface area contributed by atoms with Crippen LogP contribution in [0.15, 0.2) is 10.7 Å². The van der Waals surface area contributed by atoms with Crippen LogP contribution in [0.3, 0.4) is 0 Å². The number of halogens is 1. The van der Waals surface area contributed by atoms with Gasteiger partial charge in [0.25, 0.3) is 5.89 Å². The number of carbonyl (C=O) groups is 1. The predicted octanol–water partition coefficient (Wildman–Crippen LogP) is 1.79. The molecule has 22 heavy (non-hydrogen) atoms. The number of nitrogens with two attached hydrogens (primary N) is 1. The minimum Gasteiger partial charge on any atom is -0.444 e. The van der Waals surface area contributed by atoms with E-state index in [-0.39, 0.29) is 34.9 Å². The normalized spacial score (nSPS) is 11.3. The van der Waals surface area contributed by atoms with Gasteiger partial charge in [-0.05, 0) is 20.8 Å². The van der Waals surface area contributed by atoms with Crippen LogP contribution in [0.25, 0.3) is 11.5 Å². The molecule has 1 amide bonds. The van der Waals surface area contributed by atoms with Gasteiger partial charge in [0.2, 0.25) is 5.89 Å². The molecule has 9 nitrogen and oxygen atoms in total. The second kappa shape index (κ2) is 6.14. The Morgan fingerprint density at radius 2 is 2.14 bits per heavy atom. The Kier molecular flexibility index (Phi) is 4.45. The summed E-state index contributed by atoms with van der Waals surface area (Å²) in [5.41, 5.74) is 5.36. The summed E-state index contributed by atoms with van der Waals surface area (Å²) in [6, 6.07) is 0. The monoisotopic (exact) mass is 326 g/mol. The maximum absolute atomic E-state index is 11.5. The fourth-order valence-electron chi connectivity index (χ4n) is 1.46. The summed E-state index contributed by atoms with van der Waals surface area (Å²) >= 11 is 5.92. The number of ether oxygens (including phenoxy) is 1. The maximum Gasteiger partial charge on any atom is 0.408 e. The summed E-state index contributed by atoms with van der Waals surface area (Å²) < 4.78 is 10.5. The largest absolute Gasteiger partial charge is 0.444 e. The number of hydrogen-bond donors (Lipinski definition) is 2. The molecule has 0 fully saturated rings. The number of nitrogens with zero attached hydrogens (tertiary/aromatic N) is 4. The summed E-state index contributed by atoms with van der Waals surface area (Å²) in [6.07, 6.45) is 0.635. The van der Waals surface area contributed by atoms with E-state index in [9.17, 15) is 4.79 Å². The lowest BCUT2D eigenvalue weighted by atomic mass is 10.2. The van der Waals surface area contributed by atoms with Gasteiger partial charge in [-0.3, -0.25) is 0 Å². The predicted molar refractivity (Wildman–Crippen MR) is 77.8 cm³/mol. The van der Waals surface area contributed by atoms with Gasteiger partial charge in [0, 0.05) is 0 Å². The van der Waals surface area contributed by atoms with Gasteiger partial charge in [-0.2, -0.15) is 0 Å². The third-order valence-corrected chi connectivity index (χ3v) is 2.58. The summed E-state index contributed by atoms with van der Waals surface area (Å²) in [7, 11) is 0. The number of rotatable bonds is 3. The van der Waals surface area contributed by atoms with Crippen molar-refractivity contribution in [2.75, 3.05) is 5.73 Å². The van der Waals surface area contributed by atoms with Gasteiger partial charge >= 0.3 is 6.09 Å². The number of hydrogen-bond acceptors (Lipinski definition) is 8. The molecule has 2 rings (SSSR count). The van der Waals surface area contributed by atoms with E-state index < -0.39 is 11.7 Å². The molecule has 2 aromatic rings. The van der Waals surface area contributed by atoms with Crippen LogP contribution in [0.1, 0.15) is 26.7 Å². The van der Waals surface area contributed by atoms with Crippen molar-refractivity contribution in [3.63, 3.8) is 0 Å². The lowest BCUT2D eigenvalue weighted by Crippen LogP contribution is -2.32. The van der Waals surface area contributed by atoms with Crippen LogP contribution in [-0.4, -0.2) is 31.9 Å². The fraction of sp³-hybridized carbons (Fsp3) is 0.417.